The summed E-state index contributed by atoms with van der Waals surface area (Å²) >= 11 is 0. The maximum Gasteiger partial charge on any atom is 0.260 e. The minimum Gasteiger partial charge on any atom is -0.481 e. The highest BCUT2D eigenvalue weighted by atomic mass is 16.7. The summed E-state index contributed by atoms with van der Waals surface area (Å²) in [6, 6.07) is 5.21. The van der Waals surface area contributed by atoms with Crippen LogP contribution in [-0.2, 0) is 4.79 Å². The zero-order chi connectivity index (χ0) is 11.5. The average molecular weight is 223 g/mol. The van der Waals surface area contributed by atoms with Crippen molar-refractivity contribution in [1.82, 2.24) is 5.32 Å². The van der Waals surface area contributed by atoms with E-state index in [0.29, 0.717) is 17.2 Å². The normalized spacial score (nSPS) is 14.4. The van der Waals surface area contributed by atoms with Crippen molar-refractivity contribution in [3.05, 3.63) is 18.2 Å². The van der Waals surface area contributed by atoms with Gasteiger partial charge in [0.05, 0.1) is 0 Å². The second-order valence-electron chi connectivity index (χ2n) is 3.39. The van der Waals surface area contributed by atoms with Gasteiger partial charge in [-0.25, -0.2) is 0 Å². The second kappa shape index (κ2) is 4.30. The highest BCUT2D eigenvalue weighted by molar-refractivity contribution is 5.80. The highest BCUT2D eigenvalue weighted by Gasteiger charge is 2.17. The van der Waals surface area contributed by atoms with E-state index in [2.05, 4.69) is 5.32 Å². The van der Waals surface area contributed by atoms with Crippen LogP contribution in [0.1, 0.15) is 6.92 Å². The van der Waals surface area contributed by atoms with Crippen LogP contribution < -0.4 is 19.5 Å². The Kier molecular flexibility index (Phi) is 2.85. The van der Waals surface area contributed by atoms with Crippen molar-refractivity contribution in [3.63, 3.8) is 0 Å². The van der Waals surface area contributed by atoms with E-state index in [1.54, 1.807) is 32.2 Å². The minimum absolute atomic E-state index is 0.169. The Labute approximate surface area is 93.3 Å². The zero-order valence-electron chi connectivity index (χ0n) is 9.15. The second-order valence-corrected chi connectivity index (χ2v) is 3.39. The molecule has 1 atom stereocenters. The molecular weight excluding hydrogens is 210 g/mol. The Hall–Kier alpha value is -1.91. The summed E-state index contributed by atoms with van der Waals surface area (Å²) < 4.78 is 15.8. The van der Waals surface area contributed by atoms with Crippen molar-refractivity contribution in [2.24, 2.45) is 0 Å². The van der Waals surface area contributed by atoms with Gasteiger partial charge in [0.2, 0.25) is 6.79 Å². The van der Waals surface area contributed by atoms with Crippen molar-refractivity contribution < 1.29 is 19.0 Å². The molecule has 86 valence electrons. The molecule has 0 bridgehead atoms. The minimum atomic E-state index is -0.537. The van der Waals surface area contributed by atoms with Crippen LogP contribution >= 0.6 is 0 Å². The average Bonchev–Trinajstić information content (AvgIpc) is 2.75. The summed E-state index contributed by atoms with van der Waals surface area (Å²) in [7, 11) is 1.57. The summed E-state index contributed by atoms with van der Waals surface area (Å²) in [5.74, 6) is 1.75. The maximum absolute atomic E-state index is 11.3. The molecule has 1 amide bonds. The van der Waals surface area contributed by atoms with E-state index in [1.807, 2.05) is 0 Å². The highest BCUT2D eigenvalue weighted by Crippen LogP contribution is 2.35. The zero-order valence-corrected chi connectivity index (χ0v) is 9.15. The molecule has 16 heavy (non-hydrogen) atoms. The fourth-order valence-corrected chi connectivity index (χ4v) is 1.41. The van der Waals surface area contributed by atoms with Crippen LogP contribution in [0.5, 0.6) is 17.2 Å². The monoisotopic (exact) mass is 223 g/mol. The Balaban J connectivity index is 2.08. The molecule has 0 fully saturated rings. The summed E-state index contributed by atoms with van der Waals surface area (Å²) in [5.41, 5.74) is 0. The van der Waals surface area contributed by atoms with E-state index in [4.69, 9.17) is 14.2 Å². The lowest BCUT2D eigenvalue weighted by atomic mass is 10.3. The fraction of sp³-hybridized carbons (Fsp3) is 0.364. The third-order valence-electron chi connectivity index (χ3n) is 2.27. The van der Waals surface area contributed by atoms with Crippen LogP contribution in [0.25, 0.3) is 0 Å². The molecule has 1 unspecified atom stereocenters. The number of benzene rings is 1. The number of carbonyl (C=O) groups is 1. The van der Waals surface area contributed by atoms with E-state index >= 15 is 0 Å². The number of carbonyl (C=O) groups excluding carboxylic acids is 1. The molecule has 1 aromatic carbocycles. The lowest BCUT2D eigenvalue weighted by Crippen LogP contribution is -2.33. The van der Waals surface area contributed by atoms with Gasteiger partial charge >= 0.3 is 0 Å². The summed E-state index contributed by atoms with van der Waals surface area (Å²) in [4.78, 5) is 11.3. The van der Waals surface area contributed by atoms with E-state index in [-0.39, 0.29) is 12.7 Å². The number of fused-ring (bicyclic) bond motifs is 1. The van der Waals surface area contributed by atoms with Crippen LogP contribution in [0.15, 0.2) is 18.2 Å². The first-order valence-electron chi connectivity index (χ1n) is 4.98. The predicted octanol–water partition coefficient (Wildman–Crippen LogP) is 0.929. The van der Waals surface area contributed by atoms with Crippen molar-refractivity contribution in [1.29, 1.82) is 0 Å². The number of rotatable bonds is 3. The number of hydrogen-bond donors (Lipinski definition) is 1. The smallest absolute Gasteiger partial charge is 0.260 e. The maximum atomic E-state index is 11.3. The van der Waals surface area contributed by atoms with Crippen LogP contribution in [0.3, 0.4) is 0 Å². The van der Waals surface area contributed by atoms with Gasteiger partial charge in [0.1, 0.15) is 5.75 Å². The molecule has 1 aliphatic rings. The molecule has 1 aromatic rings. The van der Waals surface area contributed by atoms with Crippen molar-refractivity contribution in [3.8, 4) is 17.2 Å². The number of hydrogen-bond acceptors (Lipinski definition) is 4. The van der Waals surface area contributed by atoms with Gasteiger partial charge in [-0.1, -0.05) is 0 Å². The van der Waals surface area contributed by atoms with Gasteiger partial charge in [-0.2, -0.15) is 0 Å². The molecule has 5 nitrogen and oxygen atoms in total. The van der Waals surface area contributed by atoms with Crippen LogP contribution in [0.2, 0.25) is 0 Å². The summed E-state index contributed by atoms with van der Waals surface area (Å²) in [6.45, 7) is 1.91. The quantitative estimate of drug-likeness (QED) is 0.828. The molecule has 5 heteroatoms. The Bertz CT molecular complexity index is 405. The van der Waals surface area contributed by atoms with Gasteiger partial charge < -0.3 is 19.5 Å². The molecule has 0 spiro atoms. The molecular formula is C11H13NO4. The number of ether oxygens (including phenoxy) is 3. The molecule has 1 N–H and O–H groups in total. The lowest BCUT2D eigenvalue weighted by molar-refractivity contribution is -0.126. The van der Waals surface area contributed by atoms with Gasteiger partial charge in [0, 0.05) is 13.1 Å². The van der Waals surface area contributed by atoms with Crippen molar-refractivity contribution in [2.75, 3.05) is 13.8 Å². The summed E-state index contributed by atoms with van der Waals surface area (Å²) in [6.07, 6.45) is -0.537. The largest absolute Gasteiger partial charge is 0.481 e. The number of amides is 1. The molecule has 0 aromatic heterocycles. The van der Waals surface area contributed by atoms with Crippen LogP contribution in [0.4, 0.5) is 0 Å². The van der Waals surface area contributed by atoms with Gasteiger partial charge in [0.25, 0.3) is 5.91 Å². The van der Waals surface area contributed by atoms with E-state index < -0.39 is 6.10 Å². The first-order chi connectivity index (χ1) is 7.70. The summed E-state index contributed by atoms with van der Waals surface area (Å²) in [5, 5.41) is 2.52. The molecule has 1 aliphatic heterocycles. The van der Waals surface area contributed by atoms with Crippen LogP contribution in [0, 0.1) is 0 Å². The Morgan fingerprint density at radius 1 is 1.44 bits per heavy atom. The molecule has 0 aliphatic carbocycles. The van der Waals surface area contributed by atoms with E-state index in [1.165, 1.54) is 0 Å². The van der Waals surface area contributed by atoms with E-state index in [9.17, 15) is 4.79 Å². The number of likely N-dealkylation sites (N-methyl/N-ethyl adjacent to an activating group) is 1. The SMILES string of the molecule is CNC(=O)C(C)Oc1ccc2c(c1)OCO2. The van der Waals surface area contributed by atoms with Gasteiger partial charge in [-0.3, -0.25) is 4.79 Å². The lowest BCUT2D eigenvalue weighted by Gasteiger charge is -2.13. The van der Waals surface area contributed by atoms with Crippen molar-refractivity contribution in [2.45, 2.75) is 13.0 Å². The molecule has 0 radical (unpaired) electrons. The number of nitrogens with one attached hydrogen (secondary N) is 1. The van der Waals surface area contributed by atoms with Crippen LogP contribution in [-0.4, -0.2) is 25.9 Å². The molecule has 0 saturated heterocycles. The molecule has 2 rings (SSSR count). The van der Waals surface area contributed by atoms with Crippen molar-refractivity contribution >= 4 is 5.91 Å². The Morgan fingerprint density at radius 2 is 2.19 bits per heavy atom. The third kappa shape index (κ3) is 2.03. The third-order valence-corrected chi connectivity index (χ3v) is 2.27. The molecule has 1 heterocycles. The predicted molar refractivity (Wildman–Crippen MR) is 56.7 cm³/mol. The Morgan fingerprint density at radius 3 is 2.94 bits per heavy atom. The standard InChI is InChI=1S/C11H13NO4/c1-7(11(13)12-2)16-8-3-4-9-10(5-8)15-6-14-9/h3-5,7H,6H2,1-2H3,(H,12,13). The van der Waals surface area contributed by atoms with Gasteiger partial charge in [0.15, 0.2) is 17.6 Å². The van der Waals surface area contributed by atoms with E-state index in [0.717, 1.165) is 0 Å². The first kappa shape index (κ1) is 10.6. The topological polar surface area (TPSA) is 56.8 Å². The van der Waals surface area contributed by atoms with Gasteiger partial charge in [-0.15, -0.1) is 0 Å². The fourth-order valence-electron chi connectivity index (χ4n) is 1.41. The first-order valence-corrected chi connectivity index (χ1v) is 4.98. The van der Waals surface area contributed by atoms with Gasteiger partial charge in [-0.05, 0) is 19.1 Å². The molecule has 0 saturated carbocycles.